The average molecular weight is 353 g/mol. The van der Waals surface area contributed by atoms with Gasteiger partial charge in [0.1, 0.15) is 16.0 Å². The van der Waals surface area contributed by atoms with Gasteiger partial charge in [-0.3, -0.25) is 4.79 Å². The predicted octanol–water partition coefficient (Wildman–Crippen LogP) is 4.55. The van der Waals surface area contributed by atoms with Gasteiger partial charge in [-0.2, -0.15) is 0 Å². The van der Waals surface area contributed by atoms with Gasteiger partial charge in [0.15, 0.2) is 5.78 Å². The summed E-state index contributed by atoms with van der Waals surface area (Å²) in [5, 5.41) is 4.18. The van der Waals surface area contributed by atoms with E-state index in [1.165, 1.54) is 28.7 Å². The maximum atomic E-state index is 12.2. The first-order valence-electron chi connectivity index (χ1n) is 7.15. The number of hydrogen-bond acceptors (Lipinski definition) is 6. The number of rotatable bonds is 3. The SMILES string of the molecule is Nc1sc(/C=C/C(=O)c2cccs2)c2c1c(=O)oc1ccccc12. The first kappa shape index (κ1) is 14.9. The van der Waals surface area contributed by atoms with Crippen molar-refractivity contribution in [2.24, 2.45) is 0 Å². The highest BCUT2D eigenvalue weighted by Gasteiger charge is 2.16. The number of ketones is 1. The Balaban J connectivity index is 1.93. The minimum Gasteiger partial charge on any atom is -0.422 e. The van der Waals surface area contributed by atoms with Crippen molar-refractivity contribution < 1.29 is 9.21 Å². The van der Waals surface area contributed by atoms with Crippen LogP contribution in [0.4, 0.5) is 5.00 Å². The maximum Gasteiger partial charge on any atom is 0.347 e. The molecule has 0 unspecified atom stereocenters. The smallest absolute Gasteiger partial charge is 0.347 e. The normalized spacial score (nSPS) is 11.7. The standard InChI is InChI=1S/C18H11NO3S2/c19-17-16-15(10-4-1-2-5-12(10)22-18(16)21)14(24-17)8-7-11(20)13-6-3-9-23-13/h1-9H,19H2/b8-7+. The van der Waals surface area contributed by atoms with Crippen LogP contribution in [-0.4, -0.2) is 5.78 Å². The number of nitrogen functional groups attached to an aromatic ring is 1. The van der Waals surface area contributed by atoms with Crippen molar-refractivity contribution in [3.63, 3.8) is 0 Å². The summed E-state index contributed by atoms with van der Waals surface area (Å²) in [5.74, 6) is -0.0719. The topological polar surface area (TPSA) is 73.3 Å². The third kappa shape index (κ3) is 2.36. The Kier molecular flexibility index (Phi) is 3.55. The van der Waals surface area contributed by atoms with Gasteiger partial charge in [0, 0.05) is 15.6 Å². The second-order valence-corrected chi connectivity index (χ2v) is 7.17. The van der Waals surface area contributed by atoms with E-state index in [0.717, 1.165) is 15.6 Å². The molecule has 0 spiro atoms. The van der Waals surface area contributed by atoms with Crippen molar-refractivity contribution in [3.05, 3.63) is 68.0 Å². The lowest BCUT2D eigenvalue weighted by molar-refractivity contribution is 0.105. The molecule has 0 fully saturated rings. The lowest BCUT2D eigenvalue weighted by atomic mass is 10.1. The fourth-order valence-electron chi connectivity index (χ4n) is 2.62. The summed E-state index contributed by atoms with van der Waals surface area (Å²) in [6, 6.07) is 10.9. The minimum absolute atomic E-state index is 0.0719. The molecule has 0 saturated heterocycles. The van der Waals surface area contributed by atoms with Crippen LogP contribution in [0.15, 0.2) is 57.1 Å². The van der Waals surface area contributed by atoms with E-state index in [0.29, 0.717) is 20.8 Å². The molecule has 0 radical (unpaired) electrons. The van der Waals surface area contributed by atoms with Crippen LogP contribution in [0.5, 0.6) is 0 Å². The first-order valence-corrected chi connectivity index (χ1v) is 8.84. The number of thiophene rings is 2. The molecule has 0 aliphatic carbocycles. The molecule has 4 rings (SSSR count). The number of carbonyl (C=O) groups is 1. The molecule has 3 heterocycles. The van der Waals surface area contributed by atoms with E-state index < -0.39 is 5.63 Å². The molecule has 6 heteroatoms. The van der Waals surface area contributed by atoms with Crippen LogP contribution >= 0.6 is 22.7 Å². The average Bonchev–Trinajstić information content (AvgIpc) is 3.21. The summed E-state index contributed by atoms with van der Waals surface area (Å²) in [7, 11) is 0. The van der Waals surface area contributed by atoms with Gasteiger partial charge >= 0.3 is 5.63 Å². The molecule has 0 atom stereocenters. The molecule has 0 bridgehead atoms. The number of para-hydroxylation sites is 1. The third-order valence-electron chi connectivity index (χ3n) is 3.68. The molecule has 4 aromatic rings. The number of benzene rings is 1. The zero-order valence-corrected chi connectivity index (χ0v) is 13.9. The number of anilines is 1. The van der Waals surface area contributed by atoms with Gasteiger partial charge in [0.05, 0.1) is 4.88 Å². The Labute approximate surface area is 144 Å². The van der Waals surface area contributed by atoms with Gasteiger partial charge in [-0.05, 0) is 29.7 Å². The van der Waals surface area contributed by atoms with E-state index in [-0.39, 0.29) is 5.78 Å². The number of fused-ring (bicyclic) bond motifs is 3. The molecule has 0 amide bonds. The second-order valence-electron chi connectivity index (χ2n) is 5.14. The molecule has 3 aromatic heterocycles. The van der Waals surface area contributed by atoms with E-state index >= 15 is 0 Å². The van der Waals surface area contributed by atoms with Crippen molar-refractivity contribution >= 4 is 61.3 Å². The lowest BCUT2D eigenvalue weighted by Crippen LogP contribution is -2.00. The van der Waals surface area contributed by atoms with Crippen molar-refractivity contribution in [1.29, 1.82) is 0 Å². The van der Waals surface area contributed by atoms with E-state index in [1.807, 2.05) is 29.6 Å². The Morgan fingerprint density at radius 3 is 2.75 bits per heavy atom. The number of nitrogens with two attached hydrogens (primary N) is 1. The summed E-state index contributed by atoms with van der Waals surface area (Å²) in [6.45, 7) is 0. The van der Waals surface area contributed by atoms with Gasteiger partial charge in [0.2, 0.25) is 0 Å². The molecule has 0 aliphatic rings. The van der Waals surface area contributed by atoms with E-state index in [2.05, 4.69) is 0 Å². The van der Waals surface area contributed by atoms with Gasteiger partial charge in [-0.15, -0.1) is 22.7 Å². The molecule has 118 valence electrons. The fourth-order valence-corrected chi connectivity index (χ4v) is 4.24. The van der Waals surface area contributed by atoms with Crippen LogP contribution < -0.4 is 11.4 Å². The molecule has 2 N–H and O–H groups in total. The van der Waals surface area contributed by atoms with Crippen LogP contribution in [0.2, 0.25) is 0 Å². The van der Waals surface area contributed by atoms with Gasteiger partial charge in [-0.1, -0.05) is 24.3 Å². The summed E-state index contributed by atoms with van der Waals surface area (Å²) in [6.07, 6.45) is 3.23. The van der Waals surface area contributed by atoms with E-state index in [9.17, 15) is 9.59 Å². The van der Waals surface area contributed by atoms with E-state index in [1.54, 1.807) is 18.2 Å². The Hall–Kier alpha value is -2.70. The predicted molar refractivity (Wildman–Crippen MR) is 100.0 cm³/mol. The zero-order valence-electron chi connectivity index (χ0n) is 12.3. The van der Waals surface area contributed by atoms with Crippen LogP contribution in [0, 0.1) is 0 Å². The third-order valence-corrected chi connectivity index (χ3v) is 5.54. The highest BCUT2D eigenvalue weighted by Crippen LogP contribution is 2.37. The number of allylic oxidation sites excluding steroid dienone is 1. The van der Waals surface area contributed by atoms with Gasteiger partial charge < -0.3 is 10.2 Å². The second kappa shape index (κ2) is 5.74. The van der Waals surface area contributed by atoms with E-state index in [4.69, 9.17) is 10.2 Å². The highest BCUT2D eigenvalue weighted by molar-refractivity contribution is 7.19. The van der Waals surface area contributed by atoms with Crippen molar-refractivity contribution in [1.82, 2.24) is 0 Å². The molecular formula is C18H11NO3S2. The highest BCUT2D eigenvalue weighted by atomic mass is 32.1. The lowest BCUT2D eigenvalue weighted by Gasteiger charge is -1.99. The largest absolute Gasteiger partial charge is 0.422 e. The van der Waals surface area contributed by atoms with Crippen molar-refractivity contribution in [2.45, 2.75) is 0 Å². The molecular weight excluding hydrogens is 342 g/mol. The molecule has 1 aromatic carbocycles. The van der Waals surface area contributed by atoms with Crippen molar-refractivity contribution in [3.8, 4) is 0 Å². The molecule has 24 heavy (non-hydrogen) atoms. The summed E-state index contributed by atoms with van der Waals surface area (Å²) in [5.41, 5.74) is 6.06. The summed E-state index contributed by atoms with van der Waals surface area (Å²) in [4.78, 5) is 25.8. The van der Waals surface area contributed by atoms with Gasteiger partial charge in [0.25, 0.3) is 0 Å². The minimum atomic E-state index is -0.457. The van der Waals surface area contributed by atoms with Crippen LogP contribution in [0.25, 0.3) is 27.8 Å². The summed E-state index contributed by atoms with van der Waals surface area (Å²) >= 11 is 2.67. The Morgan fingerprint density at radius 1 is 1.12 bits per heavy atom. The maximum absolute atomic E-state index is 12.2. The summed E-state index contributed by atoms with van der Waals surface area (Å²) < 4.78 is 5.34. The van der Waals surface area contributed by atoms with Gasteiger partial charge in [-0.25, -0.2) is 4.79 Å². The van der Waals surface area contributed by atoms with Crippen LogP contribution in [0.1, 0.15) is 14.5 Å². The van der Waals surface area contributed by atoms with Crippen LogP contribution in [-0.2, 0) is 0 Å². The van der Waals surface area contributed by atoms with Crippen LogP contribution in [0.3, 0.4) is 0 Å². The molecule has 0 aliphatic heterocycles. The molecule has 4 nitrogen and oxygen atoms in total. The first-order chi connectivity index (χ1) is 11.6. The quantitative estimate of drug-likeness (QED) is 0.333. The number of hydrogen-bond donors (Lipinski definition) is 1. The Bertz CT molecular complexity index is 1150. The van der Waals surface area contributed by atoms with Crippen molar-refractivity contribution in [2.75, 3.05) is 5.73 Å². The fraction of sp³-hybridized carbons (Fsp3) is 0. The monoisotopic (exact) mass is 353 g/mol. The Morgan fingerprint density at radius 2 is 1.96 bits per heavy atom. The molecule has 0 saturated carbocycles. The number of carbonyl (C=O) groups excluding carboxylic acids is 1. The zero-order chi connectivity index (χ0) is 16.7.